The second kappa shape index (κ2) is 6.24. The van der Waals surface area contributed by atoms with Crippen LogP contribution in [0.5, 0.6) is 5.75 Å². The molecule has 0 radical (unpaired) electrons. The van der Waals surface area contributed by atoms with Gasteiger partial charge < -0.3 is 4.74 Å². The van der Waals surface area contributed by atoms with E-state index in [0.717, 1.165) is 34.5 Å². The summed E-state index contributed by atoms with van der Waals surface area (Å²) in [6, 6.07) is 8.24. The molecule has 0 saturated carbocycles. The largest absolute Gasteiger partial charge is 0.487 e. The average Bonchev–Trinajstić information content (AvgIpc) is 2.72. The van der Waals surface area contributed by atoms with Gasteiger partial charge in [0.1, 0.15) is 12.4 Å². The summed E-state index contributed by atoms with van der Waals surface area (Å²) in [4.78, 5) is 0. The van der Waals surface area contributed by atoms with Gasteiger partial charge in [-0.05, 0) is 46.5 Å². The lowest BCUT2D eigenvalue weighted by Crippen LogP contribution is -2.03. The molecule has 4 heteroatoms. The van der Waals surface area contributed by atoms with Gasteiger partial charge in [-0.1, -0.05) is 26.0 Å². The number of aryl methyl sites for hydroxylation is 3. The third kappa shape index (κ3) is 3.18. The SMILES string of the molecule is CCc1ccc(OCc2c(Br)c(CC)nn2C)cc1. The highest BCUT2D eigenvalue weighted by Gasteiger charge is 2.12. The molecule has 2 rings (SSSR count). The lowest BCUT2D eigenvalue weighted by Gasteiger charge is -2.07. The number of rotatable bonds is 5. The maximum atomic E-state index is 5.82. The molecule has 0 saturated heterocycles. The molecule has 0 spiro atoms. The number of ether oxygens (including phenoxy) is 1. The standard InChI is InChI=1S/C15H19BrN2O/c1-4-11-6-8-12(9-7-11)19-10-14-15(16)13(5-2)17-18(14)3/h6-9H,4-5,10H2,1-3H3. The van der Waals surface area contributed by atoms with Crippen molar-refractivity contribution in [1.29, 1.82) is 0 Å². The predicted molar refractivity (Wildman–Crippen MR) is 80.4 cm³/mol. The number of aromatic nitrogens is 2. The fraction of sp³-hybridized carbons (Fsp3) is 0.400. The quantitative estimate of drug-likeness (QED) is 0.835. The van der Waals surface area contributed by atoms with Crippen molar-refractivity contribution >= 4 is 15.9 Å². The van der Waals surface area contributed by atoms with Crippen molar-refractivity contribution in [3.8, 4) is 5.75 Å². The fourth-order valence-electron chi connectivity index (χ4n) is 1.95. The van der Waals surface area contributed by atoms with Gasteiger partial charge in [-0.2, -0.15) is 5.10 Å². The number of hydrogen-bond donors (Lipinski definition) is 0. The Hall–Kier alpha value is -1.29. The van der Waals surface area contributed by atoms with Crippen molar-refractivity contribution in [1.82, 2.24) is 9.78 Å². The normalized spacial score (nSPS) is 10.7. The predicted octanol–water partition coefficient (Wildman–Crippen LogP) is 3.89. The Labute approximate surface area is 122 Å². The zero-order chi connectivity index (χ0) is 13.8. The van der Waals surface area contributed by atoms with Gasteiger partial charge in [0.2, 0.25) is 0 Å². The molecule has 0 atom stereocenters. The molecular weight excluding hydrogens is 304 g/mol. The van der Waals surface area contributed by atoms with E-state index in [4.69, 9.17) is 4.74 Å². The van der Waals surface area contributed by atoms with Crippen LogP contribution in [0.15, 0.2) is 28.7 Å². The lowest BCUT2D eigenvalue weighted by molar-refractivity contribution is 0.294. The fourth-order valence-corrected chi connectivity index (χ4v) is 2.68. The number of benzene rings is 1. The third-order valence-electron chi connectivity index (χ3n) is 3.21. The van der Waals surface area contributed by atoms with Gasteiger partial charge in [-0.15, -0.1) is 0 Å². The molecule has 1 aromatic heterocycles. The molecule has 1 heterocycles. The zero-order valence-corrected chi connectivity index (χ0v) is 13.2. The van der Waals surface area contributed by atoms with Crippen LogP contribution in [0.3, 0.4) is 0 Å². The number of hydrogen-bond acceptors (Lipinski definition) is 2. The summed E-state index contributed by atoms with van der Waals surface area (Å²) >= 11 is 3.60. The summed E-state index contributed by atoms with van der Waals surface area (Å²) < 4.78 is 8.76. The minimum Gasteiger partial charge on any atom is -0.487 e. The Bertz CT molecular complexity index is 546. The molecule has 0 bridgehead atoms. The van der Waals surface area contributed by atoms with Gasteiger partial charge in [-0.25, -0.2) is 0 Å². The lowest BCUT2D eigenvalue weighted by atomic mass is 10.2. The second-order valence-corrected chi connectivity index (χ2v) is 5.26. The first-order chi connectivity index (χ1) is 9.15. The minimum absolute atomic E-state index is 0.523. The highest BCUT2D eigenvalue weighted by Crippen LogP contribution is 2.23. The first-order valence-electron chi connectivity index (χ1n) is 6.57. The first-order valence-corrected chi connectivity index (χ1v) is 7.37. The van der Waals surface area contributed by atoms with E-state index in [1.807, 2.05) is 23.9 Å². The summed E-state index contributed by atoms with van der Waals surface area (Å²) in [7, 11) is 1.95. The molecule has 0 aliphatic carbocycles. The van der Waals surface area contributed by atoms with Crippen molar-refractivity contribution in [3.63, 3.8) is 0 Å². The van der Waals surface area contributed by atoms with E-state index in [0.29, 0.717) is 6.61 Å². The van der Waals surface area contributed by atoms with Crippen LogP contribution in [0.1, 0.15) is 30.8 Å². The van der Waals surface area contributed by atoms with Gasteiger partial charge in [-0.3, -0.25) is 4.68 Å². The molecule has 0 unspecified atom stereocenters. The smallest absolute Gasteiger partial charge is 0.131 e. The Morgan fingerprint density at radius 3 is 2.37 bits per heavy atom. The summed E-state index contributed by atoms with van der Waals surface area (Å²) in [6.45, 7) is 4.77. The Morgan fingerprint density at radius 2 is 1.84 bits per heavy atom. The summed E-state index contributed by atoms with van der Waals surface area (Å²) in [5.74, 6) is 0.892. The molecule has 102 valence electrons. The minimum atomic E-state index is 0.523. The third-order valence-corrected chi connectivity index (χ3v) is 4.13. The van der Waals surface area contributed by atoms with Crippen molar-refractivity contribution < 1.29 is 4.74 Å². The van der Waals surface area contributed by atoms with Crippen LogP contribution in [-0.2, 0) is 26.5 Å². The van der Waals surface area contributed by atoms with Crippen LogP contribution in [0.4, 0.5) is 0 Å². The maximum Gasteiger partial charge on any atom is 0.131 e. The van der Waals surface area contributed by atoms with Crippen LogP contribution in [0.2, 0.25) is 0 Å². The molecule has 1 aromatic carbocycles. The van der Waals surface area contributed by atoms with Gasteiger partial charge in [0.15, 0.2) is 0 Å². The van der Waals surface area contributed by atoms with E-state index in [1.54, 1.807) is 0 Å². The van der Waals surface area contributed by atoms with Gasteiger partial charge in [0.05, 0.1) is 15.9 Å². The van der Waals surface area contributed by atoms with Crippen LogP contribution < -0.4 is 4.74 Å². The van der Waals surface area contributed by atoms with Crippen molar-refractivity contribution in [2.45, 2.75) is 33.3 Å². The summed E-state index contributed by atoms with van der Waals surface area (Å²) in [6.07, 6.45) is 1.97. The Balaban J connectivity index is 2.07. The van der Waals surface area contributed by atoms with E-state index in [1.165, 1.54) is 5.56 Å². The highest BCUT2D eigenvalue weighted by atomic mass is 79.9. The molecule has 0 N–H and O–H groups in total. The van der Waals surface area contributed by atoms with Gasteiger partial charge in [0.25, 0.3) is 0 Å². The molecule has 0 amide bonds. The monoisotopic (exact) mass is 322 g/mol. The number of halogens is 1. The van der Waals surface area contributed by atoms with E-state index >= 15 is 0 Å². The van der Waals surface area contributed by atoms with E-state index in [-0.39, 0.29) is 0 Å². The summed E-state index contributed by atoms with van der Waals surface area (Å²) in [5.41, 5.74) is 3.46. The first kappa shape index (κ1) is 14.1. The molecule has 0 aliphatic heterocycles. The zero-order valence-electron chi connectivity index (χ0n) is 11.6. The summed E-state index contributed by atoms with van der Waals surface area (Å²) in [5, 5.41) is 4.46. The molecule has 0 fully saturated rings. The van der Waals surface area contributed by atoms with Crippen LogP contribution >= 0.6 is 15.9 Å². The highest BCUT2D eigenvalue weighted by molar-refractivity contribution is 9.10. The van der Waals surface area contributed by atoms with Crippen molar-refractivity contribution in [2.75, 3.05) is 0 Å². The van der Waals surface area contributed by atoms with E-state index in [9.17, 15) is 0 Å². The number of nitrogens with zero attached hydrogens (tertiary/aromatic N) is 2. The van der Waals surface area contributed by atoms with Crippen molar-refractivity contribution in [3.05, 3.63) is 45.7 Å². The van der Waals surface area contributed by atoms with Crippen molar-refractivity contribution in [2.24, 2.45) is 7.05 Å². The van der Waals surface area contributed by atoms with E-state index < -0.39 is 0 Å². The molecule has 0 aliphatic rings. The maximum absolute atomic E-state index is 5.82. The molecule has 19 heavy (non-hydrogen) atoms. The topological polar surface area (TPSA) is 27.1 Å². The van der Waals surface area contributed by atoms with Crippen LogP contribution in [0.25, 0.3) is 0 Å². The molecule has 3 nitrogen and oxygen atoms in total. The van der Waals surface area contributed by atoms with Gasteiger partial charge >= 0.3 is 0 Å². The molecule has 2 aromatic rings. The van der Waals surface area contributed by atoms with E-state index in [2.05, 4.69) is 47.0 Å². The van der Waals surface area contributed by atoms with Gasteiger partial charge in [0, 0.05) is 7.05 Å². The van der Waals surface area contributed by atoms with Crippen LogP contribution in [0, 0.1) is 0 Å². The molecular formula is C15H19BrN2O. The average molecular weight is 323 g/mol. The Kier molecular flexibility index (Phi) is 4.64. The Morgan fingerprint density at radius 1 is 1.16 bits per heavy atom. The van der Waals surface area contributed by atoms with Crippen LogP contribution in [-0.4, -0.2) is 9.78 Å². The second-order valence-electron chi connectivity index (χ2n) is 4.47.